The average molecular weight is 349 g/mol. The average Bonchev–Trinajstić information content (AvgIpc) is 3.13. The number of hydrogen-bond donors (Lipinski definition) is 3. The summed E-state index contributed by atoms with van der Waals surface area (Å²) in [5, 5.41) is 6.46. The van der Waals surface area contributed by atoms with E-state index in [1.165, 1.54) is 38.9 Å². The predicted molar refractivity (Wildman–Crippen MR) is 109 cm³/mol. The minimum atomic E-state index is 0.705. The molecule has 2 aliphatic rings. The predicted octanol–water partition coefficient (Wildman–Crippen LogP) is 3.35. The van der Waals surface area contributed by atoms with Crippen molar-refractivity contribution in [1.82, 2.24) is 20.3 Å². The molecule has 2 unspecified atom stereocenters. The van der Waals surface area contributed by atoms with Gasteiger partial charge in [0.2, 0.25) is 0 Å². The molecule has 0 spiro atoms. The zero-order chi connectivity index (χ0) is 18.1. The molecule has 3 N–H and O–H groups in total. The van der Waals surface area contributed by atoms with Crippen LogP contribution in [-0.4, -0.2) is 62.5 Å². The van der Waals surface area contributed by atoms with Gasteiger partial charge < -0.3 is 10.6 Å². The summed E-state index contributed by atoms with van der Waals surface area (Å²) in [4.78, 5) is 2.55. The van der Waals surface area contributed by atoms with Gasteiger partial charge in [0, 0.05) is 31.2 Å². The van der Waals surface area contributed by atoms with E-state index in [-0.39, 0.29) is 0 Å². The van der Waals surface area contributed by atoms with Crippen LogP contribution in [0.3, 0.4) is 0 Å². The molecule has 2 aliphatic heterocycles. The van der Waals surface area contributed by atoms with Crippen LogP contribution < -0.4 is 15.4 Å². The minimum Gasteiger partial charge on any atom is -0.316 e. The number of likely N-dealkylation sites (tertiary alicyclic amines) is 1. The fraction of sp³-hybridized carbons (Fsp3) is 1.00. The van der Waals surface area contributed by atoms with Gasteiger partial charge in [0.25, 0.3) is 0 Å². The molecule has 2 saturated heterocycles. The lowest BCUT2D eigenvalue weighted by atomic mass is 10.1. The standard InChI is InChI=1S/C9H20N2S.C5H12N2.2C2H6/c1-8(2)11-6-4-5-9(7-11)10-12-3;1-6-5-2-3-7-4-5;2*1-2/h8-10H,4-7H2,1-3H3;5-7H,2-4H2,1H3;2*1-2H3. The first-order valence-electron chi connectivity index (χ1n) is 9.58. The molecule has 2 fully saturated rings. The topological polar surface area (TPSA) is 39.3 Å². The largest absolute Gasteiger partial charge is 0.316 e. The highest BCUT2D eigenvalue weighted by molar-refractivity contribution is 7.96. The monoisotopic (exact) mass is 348 g/mol. The van der Waals surface area contributed by atoms with E-state index < -0.39 is 0 Å². The first-order chi connectivity index (χ1) is 11.2. The highest BCUT2D eigenvalue weighted by Crippen LogP contribution is 2.13. The van der Waals surface area contributed by atoms with Crippen molar-refractivity contribution in [2.24, 2.45) is 0 Å². The van der Waals surface area contributed by atoms with Crippen molar-refractivity contribution in [3.8, 4) is 0 Å². The molecular formula is C18H44N4S. The number of piperidine rings is 1. The Labute approximate surface area is 151 Å². The lowest BCUT2D eigenvalue weighted by Crippen LogP contribution is -2.46. The van der Waals surface area contributed by atoms with Gasteiger partial charge in [-0.1, -0.05) is 39.6 Å². The molecule has 142 valence electrons. The molecule has 0 aliphatic carbocycles. The molecule has 5 heteroatoms. The maximum Gasteiger partial charge on any atom is 0.0299 e. The van der Waals surface area contributed by atoms with Crippen LogP contribution in [-0.2, 0) is 0 Å². The van der Waals surface area contributed by atoms with Crippen LogP contribution in [0.25, 0.3) is 0 Å². The normalized spacial score (nSPS) is 23.9. The van der Waals surface area contributed by atoms with Gasteiger partial charge in [-0.15, -0.1) is 0 Å². The summed E-state index contributed by atoms with van der Waals surface area (Å²) in [7, 11) is 2.01. The van der Waals surface area contributed by atoms with Crippen LogP contribution in [0.2, 0.25) is 0 Å². The van der Waals surface area contributed by atoms with E-state index in [4.69, 9.17) is 0 Å². The highest BCUT2D eigenvalue weighted by atomic mass is 32.2. The Hall–Kier alpha value is 0.190. The third kappa shape index (κ3) is 13.2. The van der Waals surface area contributed by atoms with Gasteiger partial charge in [-0.3, -0.25) is 9.62 Å². The van der Waals surface area contributed by atoms with Gasteiger partial charge in [0.1, 0.15) is 0 Å². The summed E-state index contributed by atoms with van der Waals surface area (Å²) in [5.74, 6) is 0. The number of nitrogens with zero attached hydrogens (tertiary/aromatic N) is 1. The lowest BCUT2D eigenvalue weighted by molar-refractivity contribution is 0.164. The quantitative estimate of drug-likeness (QED) is 0.680. The van der Waals surface area contributed by atoms with Crippen LogP contribution in [0, 0.1) is 0 Å². The molecule has 2 atom stereocenters. The van der Waals surface area contributed by atoms with Crippen LogP contribution in [0.1, 0.15) is 60.8 Å². The minimum absolute atomic E-state index is 0.705. The molecule has 4 nitrogen and oxygen atoms in total. The molecule has 0 aromatic rings. The summed E-state index contributed by atoms with van der Waals surface area (Å²) in [6, 6.07) is 2.15. The maximum atomic E-state index is 3.44. The number of hydrogen-bond acceptors (Lipinski definition) is 5. The Balaban J connectivity index is 0. The van der Waals surface area contributed by atoms with E-state index in [2.05, 4.69) is 40.4 Å². The molecule has 0 saturated carbocycles. The second-order valence-corrected chi connectivity index (χ2v) is 6.37. The molecular weight excluding hydrogens is 304 g/mol. The SMILES string of the molecule is CC.CC.CNC1CCNC1.CSNC1CCCN(C(C)C)C1. The van der Waals surface area contributed by atoms with Crippen molar-refractivity contribution >= 4 is 11.9 Å². The fourth-order valence-corrected chi connectivity index (χ4v) is 3.17. The van der Waals surface area contributed by atoms with Crippen molar-refractivity contribution in [2.45, 2.75) is 78.9 Å². The molecule has 0 amide bonds. The molecule has 2 heterocycles. The molecule has 2 rings (SSSR count). The van der Waals surface area contributed by atoms with E-state index >= 15 is 0 Å². The molecule has 0 radical (unpaired) electrons. The summed E-state index contributed by atoms with van der Waals surface area (Å²) >= 11 is 1.75. The Morgan fingerprint density at radius 1 is 1.09 bits per heavy atom. The van der Waals surface area contributed by atoms with Crippen molar-refractivity contribution in [2.75, 3.05) is 39.5 Å². The van der Waals surface area contributed by atoms with E-state index in [0.717, 1.165) is 12.6 Å². The zero-order valence-electron chi connectivity index (χ0n) is 17.0. The Morgan fingerprint density at radius 2 is 1.74 bits per heavy atom. The third-order valence-electron chi connectivity index (χ3n) is 3.94. The number of likely N-dealkylation sites (N-methyl/N-ethyl adjacent to an activating group) is 1. The second kappa shape index (κ2) is 18.5. The lowest BCUT2D eigenvalue weighted by Gasteiger charge is -2.35. The van der Waals surface area contributed by atoms with E-state index in [0.29, 0.717) is 12.1 Å². The Morgan fingerprint density at radius 3 is 2.13 bits per heavy atom. The molecule has 0 aromatic heterocycles. The smallest absolute Gasteiger partial charge is 0.0299 e. The van der Waals surface area contributed by atoms with E-state index in [1.54, 1.807) is 11.9 Å². The van der Waals surface area contributed by atoms with Crippen LogP contribution >= 0.6 is 11.9 Å². The van der Waals surface area contributed by atoms with Gasteiger partial charge in [0.15, 0.2) is 0 Å². The van der Waals surface area contributed by atoms with E-state index in [9.17, 15) is 0 Å². The zero-order valence-corrected chi connectivity index (χ0v) is 17.9. The maximum absolute atomic E-state index is 3.44. The fourth-order valence-electron chi connectivity index (χ4n) is 2.64. The van der Waals surface area contributed by atoms with Gasteiger partial charge in [-0.25, -0.2) is 0 Å². The highest BCUT2D eigenvalue weighted by Gasteiger charge is 2.20. The van der Waals surface area contributed by atoms with Gasteiger partial charge in [0.05, 0.1) is 0 Å². The van der Waals surface area contributed by atoms with Gasteiger partial charge >= 0.3 is 0 Å². The molecule has 23 heavy (non-hydrogen) atoms. The second-order valence-electron chi connectivity index (χ2n) is 5.73. The summed E-state index contributed by atoms with van der Waals surface area (Å²) in [6.07, 6.45) is 6.07. The number of rotatable bonds is 4. The molecule has 0 aromatic carbocycles. The van der Waals surface area contributed by atoms with Crippen molar-refractivity contribution in [1.29, 1.82) is 0 Å². The van der Waals surface area contributed by atoms with Gasteiger partial charge in [-0.05, 0) is 59.5 Å². The third-order valence-corrected chi connectivity index (χ3v) is 4.51. The van der Waals surface area contributed by atoms with Gasteiger partial charge in [-0.2, -0.15) is 0 Å². The first kappa shape index (κ1) is 25.4. The van der Waals surface area contributed by atoms with Crippen molar-refractivity contribution in [3.63, 3.8) is 0 Å². The Kier molecular flexibility index (Phi) is 20.5. The summed E-state index contributed by atoms with van der Waals surface area (Å²) < 4.78 is 3.44. The number of nitrogens with one attached hydrogen (secondary N) is 3. The Bertz CT molecular complexity index is 219. The van der Waals surface area contributed by atoms with Crippen LogP contribution in [0.15, 0.2) is 0 Å². The van der Waals surface area contributed by atoms with Crippen LogP contribution in [0.5, 0.6) is 0 Å². The van der Waals surface area contributed by atoms with E-state index in [1.807, 2.05) is 34.7 Å². The summed E-state index contributed by atoms with van der Waals surface area (Å²) in [6.45, 7) is 17.4. The molecule has 0 bridgehead atoms. The van der Waals surface area contributed by atoms with Crippen molar-refractivity contribution in [3.05, 3.63) is 0 Å². The first-order valence-corrected chi connectivity index (χ1v) is 10.8. The van der Waals surface area contributed by atoms with Crippen LogP contribution in [0.4, 0.5) is 0 Å². The van der Waals surface area contributed by atoms with Crippen molar-refractivity contribution < 1.29 is 0 Å². The summed E-state index contributed by atoms with van der Waals surface area (Å²) in [5.41, 5.74) is 0.